The van der Waals surface area contributed by atoms with Gasteiger partial charge in [0.1, 0.15) is 0 Å². The summed E-state index contributed by atoms with van der Waals surface area (Å²) in [4.78, 5) is 21.8. The number of aliphatic carboxylic acids is 1. The number of carbonyl (C=O) groups is 2. The van der Waals surface area contributed by atoms with Crippen molar-refractivity contribution in [1.82, 2.24) is 0 Å². The first-order chi connectivity index (χ1) is 8.16. The van der Waals surface area contributed by atoms with Gasteiger partial charge in [-0.3, -0.25) is 9.59 Å². The summed E-state index contributed by atoms with van der Waals surface area (Å²) in [7, 11) is 0. The molecule has 0 atom stereocenters. The van der Waals surface area contributed by atoms with E-state index in [2.05, 4.69) is 5.32 Å². The monoisotopic (exact) mass is 233 g/mol. The zero-order valence-electron chi connectivity index (χ0n) is 9.53. The first-order valence-electron chi connectivity index (χ1n) is 5.79. The second kappa shape index (κ2) is 4.99. The molecular weight excluding hydrogens is 218 g/mol. The van der Waals surface area contributed by atoms with Crippen molar-refractivity contribution in [3.8, 4) is 0 Å². The smallest absolute Gasteiger partial charge is 0.303 e. The molecule has 0 aliphatic carbocycles. The SMILES string of the molecule is O=C(O)CCCc1cccc2c1NC(=O)CC2. The Morgan fingerprint density at radius 3 is 2.94 bits per heavy atom. The molecule has 0 radical (unpaired) electrons. The fourth-order valence-corrected chi connectivity index (χ4v) is 2.11. The van der Waals surface area contributed by atoms with Gasteiger partial charge < -0.3 is 10.4 Å². The Morgan fingerprint density at radius 1 is 1.35 bits per heavy atom. The lowest BCUT2D eigenvalue weighted by Gasteiger charge is -2.20. The normalized spacial score (nSPS) is 14.0. The summed E-state index contributed by atoms with van der Waals surface area (Å²) in [6, 6.07) is 5.92. The lowest BCUT2D eigenvalue weighted by Crippen LogP contribution is -2.20. The zero-order chi connectivity index (χ0) is 12.3. The van der Waals surface area contributed by atoms with Crippen LogP contribution < -0.4 is 5.32 Å². The molecule has 1 aromatic rings. The number of carboxylic acid groups (broad SMARTS) is 1. The fourth-order valence-electron chi connectivity index (χ4n) is 2.11. The molecule has 90 valence electrons. The fraction of sp³-hybridized carbons (Fsp3) is 0.385. The number of carbonyl (C=O) groups excluding carboxylic acids is 1. The molecule has 1 aliphatic rings. The topological polar surface area (TPSA) is 66.4 Å². The summed E-state index contributed by atoms with van der Waals surface area (Å²) in [6.07, 6.45) is 2.76. The Kier molecular flexibility index (Phi) is 3.42. The van der Waals surface area contributed by atoms with E-state index in [1.807, 2.05) is 18.2 Å². The number of nitrogens with one attached hydrogen (secondary N) is 1. The van der Waals surface area contributed by atoms with Gasteiger partial charge >= 0.3 is 5.97 Å². The number of amides is 1. The maximum absolute atomic E-state index is 11.4. The van der Waals surface area contributed by atoms with Gasteiger partial charge in [0.05, 0.1) is 0 Å². The van der Waals surface area contributed by atoms with Gasteiger partial charge in [0.25, 0.3) is 0 Å². The van der Waals surface area contributed by atoms with Crippen LogP contribution in [0.3, 0.4) is 0 Å². The van der Waals surface area contributed by atoms with Gasteiger partial charge in [0.15, 0.2) is 0 Å². The van der Waals surface area contributed by atoms with Gasteiger partial charge in [-0.15, -0.1) is 0 Å². The molecule has 1 aliphatic heterocycles. The number of para-hydroxylation sites is 1. The van der Waals surface area contributed by atoms with E-state index < -0.39 is 5.97 Å². The highest BCUT2D eigenvalue weighted by atomic mass is 16.4. The highest BCUT2D eigenvalue weighted by molar-refractivity contribution is 5.94. The molecule has 0 spiro atoms. The Bertz CT molecular complexity index is 454. The zero-order valence-corrected chi connectivity index (χ0v) is 9.53. The van der Waals surface area contributed by atoms with Crippen LogP contribution in [0.5, 0.6) is 0 Å². The lowest BCUT2D eigenvalue weighted by molar-refractivity contribution is -0.137. The predicted octanol–water partition coefficient (Wildman–Crippen LogP) is 1.98. The van der Waals surface area contributed by atoms with E-state index in [1.165, 1.54) is 0 Å². The number of hydrogen-bond donors (Lipinski definition) is 2. The molecule has 4 heteroatoms. The molecule has 17 heavy (non-hydrogen) atoms. The van der Waals surface area contributed by atoms with Crippen molar-refractivity contribution in [2.45, 2.75) is 32.1 Å². The first-order valence-corrected chi connectivity index (χ1v) is 5.79. The third kappa shape index (κ3) is 2.84. The number of fused-ring (bicyclic) bond motifs is 1. The van der Waals surface area contributed by atoms with Gasteiger partial charge in [-0.25, -0.2) is 0 Å². The summed E-state index contributed by atoms with van der Waals surface area (Å²) in [5.41, 5.74) is 3.09. The van der Waals surface area contributed by atoms with Gasteiger partial charge in [-0.05, 0) is 30.4 Å². The van der Waals surface area contributed by atoms with Crippen molar-refractivity contribution in [3.05, 3.63) is 29.3 Å². The molecule has 0 saturated carbocycles. The summed E-state index contributed by atoms with van der Waals surface area (Å²) in [6.45, 7) is 0. The van der Waals surface area contributed by atoms with E-state index in [9.17, 15) is 9.59 Å². The van der Waals surface area contributed by atoms with Crippen molar-refractivity contribution >= 4 is 17.6 Å². The maximum atomic E-state index is 11.4. The molecule has 2 rings (SSSR count). The van der Waals surface area contributed by atoms with Crippen LogP contribution in [0.15, 0.2) is 18.2 Å². The highest BCUT2D eigenvalue weighted by Gasteiger charge is 2.17. The summed E-state index contributed by atoms with van der Waals surface area (Å²) in [5.74, 6) is -0.734. The number of anilines is 1. The molecule has 1 heterocycles. The second-order valence-electron chi connectivity index (χ2n) is 4.25. The van der Waals surface area contributed by atoms with Crippen molar-refractivity contribution in [1.29, 1.82) is 0 Å². The molecule has 4 nitrogen and oxygen atoms in total. The van der Waals surface area contributed by atoms with Crippen molar-refractivity contribution < 1.29 is 14.7 Å². The largest absolute Gasteiger partial charge is 0.481 e. The number of rotatable bonds is 4. The molecule has 0 aromatic heterocycles. The molecule has 0 unspecified atom stereocenters. The van der Waals surface area contributed by atoms with E-state index in [0.717, 1.165) is 23.2 Å². The van der Waals surface area contributed by atoms with Crippen molar-refractivity contribution in [2.75, 3.05) is 5.32 Å². The van der Waals surface area contributed by atoms with Crippen molar-refractivity contribution in [2.24, 2.45) is 0 Å². The molecule has 2 N–H and O–H groups in total. The molecule has 1 aromatic carbocycles. The molecule has 0 bridgehead atoms. The maximum Gasteiger partial charge on any atom is 0.303 e. The Balaban J connectivity index is 2.11. The molecular formula is C13H15NO3. The summed E-state index contributed by atoms with van der Waals surface area (Å²) < 4.78 is 0. The number of aryl methyl sites for hydroxylation is 2. The highest BCUT2D eigenvalue weighted by Crippen LogP contribution is 2.27. The van der Waals surface area contributed by atoms with Crippen LogP contribution in [0.4, 0.5) is 5.69 Å². The van der Waals surface area contributed by atoms with Crippen LogP contribution in [0.25, 0.3) is 0 Å². The van der Waals surface area contributed by atoms with Crippen LogP contribution in [-0.2, 0) is 22.4 Å². The minimum Gasteiger partial charge on any atom is -0.481 e. The number of carboxylic acids is 1. The molecule has 1 amide bonds. The van der Waals surface area contributed by atoms with E-state index in [0.29, 0.717) is 19.3 Å². The van der Waals surface area contributed by atoms with E-state index in [1.54, 1.807) is 0 Å². The van der Waals surface area contributed by atoms with Gasteiger partial charge in [0.2, 0.25) is 5.91 Å². The average molecular weight is 233 g/mol. The number of benzene rings is 1. The Labute approximate surface area is 99.6 Å². The molecule has 0 saturated heterocycles. The van der Waals surface area contributed by atoms with E-state index in [4.69, 9.17) is 5.11 Å². The van der Waals surface area contributed by atoms with Crippen LogP contribution in [0.1, 0.15) is 30.4 Å². The molecule has 0 fully saturated rings. The third-order valence-corrected chi connectivity index (χ3v) is 2.96. The van der Waals surface area contributed by atoms with Crippen LogP contribution in [-0.4, -0.2) is 17.0 Å². The predicted molar refractivity (Wildman–Crippen MR) is 64.0 cm³/mol. The minimum atomic E-state index is -0.779. The second-order valence-corrected chi connectivity index (χ2v) is 4.25. The quantitative estimate of drug-likeness (QED) is 0.835. The Morgan fingerprint density at radius 2 is 2.18 bits per heavy atom. The minimum absolute atomic E-state index is 0.0446. The van der Waals surface area contributed by atoms with Gasteiger partial charge in [0, 0.05) is 18.5 Å². The summed E-state index contributed by atoms with van der Waals surface area (Å²) in [5, 5.41) is 11.5. The van der Waals surface area contributed by atoms with Crippen LogP contribution in [0.2, 0.25) is 0 Å². The van der Waals surface area contributed by atoms with Gasteiger partial charge in [-0.2, -0.15) is 0 Å². The average Bonchev–Trinajstić information content (AvgIpc) is 2.29. The van der Waals surface area contributed by atoms with Crippen LogP contribution in [0, 0.1) is 0 Å². The van der Waals surface area contributed by atoms with Crippen LogP contribution >= 0.6 is 0 Å². The summed E-state index contributed by atoms with van der Waals surface area (Å²) >= 11 is 0. The van der Waals surface area contributed by atoms with E-state index >= 15 is 0 Å². The van der Waals surface area contributed by atoms with Gasteiger partial charge in [-0.1, -0.05) is 18.2 Å². The van der Waals surface area contributed by atoms with Crippen molar-refractivity contribution in [3.63, 3.8) is 0 Å². The standard InChI is InChI=1S/C13H15NO3/c15-11-8-7-10-4-1-3-9(13(10)14-11)5-2-6-12(16)17/h1,3-4H,2,5-8H2,(H,14,15)(H,16,17). The Hall–Kier alpha value is -1.84. The third-order valence-electron chi connectivity index (χ3n) is 2.96. The first kappa shape index (κ1) is 11.6. The number of hydrogen-bond acceptors (Lipinski definition) is 2. The van der Waals surface area contributed by atoms with E-state index in [-0.39, 0.29) is 12.3 Å². The lowest BCUT2D eigenvalue weighted by atomic mass is 9.96.